The van der Waals surface area contributed by atoms with Crippen LogP contribution in [0.1, 0.15) is 88.7 Å². The first kappa shape index (κ1) is 39.4. The third kappa shape index (κ3) is 8.20. The van der Waals surface area contributed by atoms with E-state index >= 15 is 4.39 Å². The molecule has 0 radical (unpaired) electrons. The molecule has 13 heteroatoms. The third-order valence-electron chi connectivity index (χ3n) is 11.3. The zero-order valence-electron chi connectivity index (χ0n) is 33.0. The van der Waals surface area contributed by atoms with E-state index in [0.29, 0.717) is 36.0 Å². The number of carbonyl (C=O) groups excluding carboxylic acids is 3. The Morgan fingerprint density at radius 2 is 1.37 bits per heavy atom. The number of halogens is 1. The van der Waals surface area contributed by atoms with Crippen LogP contribution in [0.15, 0.2) is 85.2 Å². The summed E-state index contributed by atoms with van der Waals surface area (Å²) in [5, 5.41) is 0. The van der Waals surface area contributed by atoms with Crippen molar-refractivity contribution >= 4 is 17.9 Å². The van der Waals surface area contributed by atoms with Gasteiger partial charge in [-0.05, 0) is 79.1 Å². The van der Waals surface area contributed by atoms with Crippen molar-refractivity contribution in [3.8, 4) is 33.6 Å². The average molecular weight is 775 g/mol. The summed E-state index contributed by atoms with van der Waals surface area (Å²) in [5.74, 6) is 0.475. The monoisotopic (exact) mass is 774 g/mol. The molecular weight excluding hydrogens is 724 g/mol. The number of benzene rings is 3. The topological polar surface area (TPSA) is 154 Å². The van der Waals surface area contributed by atoms with Crippen LogP contribution in [0.3, 0.4) is 0 Å². The zero-order chi connectivity index (χ0) is 40.2. The fourth-order valence-electron chi connectivity index (χ4n) is 8.33. The maximum Gasteiger partial charge on any atom is 0.405 e. The van der Waals surface area contributed by atoms with Crippen LogP contribution in [0, 0.1) is 11.7 Å². The second-order valence-electron chi connectivity index (χ2n) is 15.2. The largest absolute Gasteiger partial charge is 0.436 e. The van der Waals surface area contributed by atoms with Gasteiger partial charge in [0.1, 0.15) is 23.5 Å². The van der Waals surface area contributed by atoms with Gasteiger partial charge in [0.2, 0.25) is 5.91 Å². The summed E-state index contributed by atoms with van der Waals surface area (Å²) in [6.07, 6.45) is 4.63. The number of hydrogen-bond donors (Lipinski definition) is 3. The van der Waals surface area contributed by atoms with Gasteiger partial charge in [0, 0.05) is 18.7 Å². The van der Waals surface area contributed by atoms with Crippen molar-refractivity contribution < 1.29 is 23.5 Å². The Morgan fingerprint density at radius 1 is 0.807 bits per heavy atom. The van der Waals surface area contributed by atoms with Crippen molar-refractivity contribution in [3.05, 3.63) is 108 Å². The second kappa shape index (κ2) is 17.1. The van der Waals surface area contributed by atoms with Crippen LogP contribution in [-0.2, 0) is 14.3 Å². The number of hydrogen-bond acceptors (Lipinski definition) is 7. The van der Waals surface area contributed by atoms with Gasteiger partial charge in [0.15, 0.2) is 6.10 Å². The van der Waals surface area contributed by atoms with Crippen molar-refractivity contribution in [2.75, 3.05) is 26.2 Å². The lowest BCUT2D eigenvalue weighted by molar-refractivity contribution is -0.143. The number of likely N-dealkylation sites (N-methyl/N-ethyl adjacent to an activating group) is 1. The Balaban J connectivity index is 1.04. The van der Waals surface area contributed by atoms with E-state index in [1.807, 2.05) is 79.4 Å². The average Bonchev–Trinajstić information content (AvgIpc) is 4.06. The van der Waals surface area contributed by atoms with Gasteiger partial charge in [-0.25, -0.2) is 19.2 Å². The van der Waals surface area contributed by atoms with Crippen LogP contribution < -0.4 is 5.73 Å². The molecule has 2 fully saturated rings. The first-order valence-electron chi connectivity index (χ1n) is 19.9. The lowest BCUT2D eigenvalue weighted by Gasteiger charge is -2.34. The highest BCUT2D eigenvalue weighted by Gasteiger charge is 2.39. The Bertz CT molecular complexity index is 2180. The molecule has 2 aliphatic rings. The first-order valence-corrected chi connectivity index (χ1v) is 19.9. The van der Waals surface area contributed by atoms with E-state index < -0.39 is 12.2 Å². The molecule has 4 atom stereocenters. The molecule has 12 nitrogen and oxygen atoms in total. The van der Waals surface area contributed by atoms with Gasteiger partial charge < -0.3 is 30.2 Å². The van der Waals surface area contributed by atoms with E-state index in [1.54, 1.807) is 23.4 Å². The molecule has 0 unspecified atom stereocenters. The number of aromatic nitrogens is 4. The lowest BCUT2D eigenvalue weighted by Crippen LogP contribution is -2.44. The molecule has 4 heterocycles. The molecule has 0 bridgehead atoms. The van der Waals surface area contributed by atoms with Crippen LogP contribution in [0.2, 0.25) is 0 Å². The number of H-pyrrole nitrogens is 2. The van der Waals surface area contributed by atoms with Crippen LogP contribution in [-0.4, -0.2) is 84.8 Å². The SMILES string of the molecule is CCN(CC)[C@@H](C(=O)N1CCC[C@H]1c1ncc(-c2ccc(-c3ccc(-c4cnc([C@@H]5CCCN5C(=O)[C@@H](OC(N)=O)C(C)C)[nH]4)cc3)cc2F)[nH]1)c1ccccc1. The van der Waals surface area contributed by atoms with E-state index in [4.69, 9.17) is 10.5 Å². The molecule has 5 aromatic rings. The van der Waals surface area contributed by atoms with Gasteiger partial charge in [-0.3, -0.25) is 14.5 Å². The number of primary amides is 1. The van der Waals surface area contributed by atoms with Gasteiger partial charge in [-0.1, -0.05) is 88.4 Å². The molecule has 0 spiro atoms. The fraction of sp³-hybridized carbons (Fsp3) is 0.386. The molecule has 3 amide bonds. The highest BCUT2D eigenvalue weighted by Crippen LogP contribution is 2.37. The smallest absolute Gasteiger partial charge is 0.405 e. The molecule has 2 aliphatic heterocycles. The molecule has 0 saturated carbocycles. The number of likely N-dealkylation sites (tertiary alicyclic amines) is 2. The second-order valence-corrected chi connectivity index (χ2v) is 15.2. The van der Waals surface area contributed by atoms with Gasteiger partial charge in [-0.15, -0.1) is 0 Å². The van der Waals surface area contributed by atoms with E-state index in [-0.39, 0.29) is 41.7 Å². The maximum atomic E-state index is 15.8. The molecule has 7 rings (SSSR count). The Morgan fingerprint density at radius 3 is 1.95 bits per heavy atom. The number of rotatable bonds is 13. The van der Waals surface area contributed by atoms with Crippen LogP contribution in [0.25, 0.3) is 33.6 Å². The van der Waals surface area contributed by atoms with Gasteiger partial charge in [0.25, 0.3) is 5.91 Å². The van der Waals surface area contributed by atoms with E-state index in [0.717, 1.165) is 66.7 Å². The number of aromatic amines is 2. The Kier molecular flexibility index (Phi) is 11.8. The van der Waals surface area contributed by atoms with Crippen LogP contribution in [0.5, 0.6) is 0 Å². The highest BCUT2D eigenvalue weighted by atomic mass is 19.1. The van der Waals surface area contributed by atoms with Gasteiger partial charge in [-0.2, -0.15) is 0 Å². The van der Waals surface area contributed by atoms with Gasteiger partial charge in [0.05, 0.1) is 35.9 Å². The normalized spacial score (nSPS) is 18.0. The summed E-state index contributed by atoms with van der Waals surface area (Å²) in [6.45, 7) is 10.4. The Hall–Kier alpha value is -5.82. The molecule has 3 aromatic carbocycles. The predicted molar refractivity (Wildman–Crippen MR) is 216 cm³/mol. The Labute approximate surface area is 332 Å². The molecule has 2 aromatic heterocycles. The summed E-state index contributed by atoms with van der Waals surface area (Å²) in [7, 11) is 0. The zero-order valence-corrected chi connectivity index (χ0v) is 33.0. The molecular formula is C44H51FN8O4. The van der Waals surface area contributed by atoms with Crippen LogP contribution >= 0.6 is 0 Å². The number of amides is 3. The summed E-state index contributed by atoms with van der Waals surface area (Å²) in [6, 6.07) is 22.0. The molecule has 57 heavy (non-hydrogen) atoms. The van der Waals surface area contributed by atoms with Crippen molar-refractivity contribution in [3.63, 3.8) is 0 Å². The van der Waals surface area contributed by atoms with Crippen molar-refractivity contribution in [2.24, 2.45) is 11.7 Å². The minimum atomic E-state index is -0.975. The minimum Gasteiger partial charge on any atom is -0.436 e. The summed E-state index contributed by atoms with van der Waals surface area (Å²) < 4.78 is 21.0. The number of carbonyl (C=O) groups is 3. The number of nitrogens with zero attached hydrogens (tertiary/aromatic N) is 5. The van der Waals surface area contributed by atoms with Crippen LogP contribution in [0.4, 0.5) is 9.18 Å². The minimum absolute atomic E-state index is 0.0564. The third-order valence-corrected chi connectivity index (χ3v) is 11.3. The standard InChI is InChI=1S/C44H51FN8O4/c1-5-51(6-2)38(30-12-8-7-9-13-30)42(54)52-22-10-14-36(52)41-48-26-35(50-41)32-21-20-31(24-33(32)45)28-16-18-29(19-17-28)34-25-47-40(49-34)37-15-11-23-53(37)43(55)39(27(3)4)57-44(46)56/h7-9,12-13,16-21,24-27,36-39H,5-6,10-11,14-15,22-23H2,1-4H3,(H2,46,56)(H,47,49)(H,48,50)/t36-,37-,38+,39-/m0/s1. The molecule has 298 valence electrons. The van der Waals surface area contributed by atoms with E-state index in [1.165, 1.54) is 6.07 Å². The van der Waals surface area contributed by atoms with Crippen molar-refractivity contribution in [2.45, 2.75) is 77.6 Å². The lowest BCUT2D eigenvalue weighted by atomic mass is 10.0. The molecule has 0 aliphatic carbocycles. The summed E-state index contributed by atoms with van der Waals surface area (Å²) in [5.41, 5.74) is 10.4. The van der Waals surface area contributed by atoms with Gasteiger partial charge >= 0.3 is 6.09 Å². The maximum absolute atomic E-state index is 15.8. The summed E-state index contributed by atoms with van der Waals surface area (Å²) >= 11 is 0. The fourth-order valence-corrected chi connectivity index (χ4v) is 8.33. The first-order chi connectivity index (χ1) is 27.6. The number of imidazole rings is 2. The predicted octanol–water partition coefficient (Wildman–Crippen LogP) is 7.80. The van der Waals surface area contributed by atoms with Crippen molar-refractivity contribution in [1.82, 2.24) is 34.6 Å². The number of ether oxygens (including phenoxy) is 1. The number of nitrogens with two attached hydrogens (primary N) is 1. The quantitative estimate of drug-likeness (QED) is 0.110. The molecule has 2 saturated heterocycles. The van der Waals surface area contributed by atoms with Crippen molar-refractivity contribution in [1.29, 1.82) is 0 Å². The number of nitrogens with one attached hydrogen (secondary N) is 2. The summed E-state index contributed by atoms with van der Waals surface area (Å²) in [4.78, 5) is 60.9. The molecule has 4 N–H and O–H groups in total. The highest BCUT2D eigenvalue weighted by molar-refractivity contribution is 5.85. The van der Waals surface area contributed by atoms with E-state index in [2.05, 4.69) is 38.7 Å². The van der Waals surface area contributed by atoms with E-state index in [9.17, 15) is 14.4 Å².